The molecule has 18 heavy (non-hydrogen) atoms. The molecule has 90 valence electrons. The van der Waals surface area contributed by atoms with Crippen molar-refractivity contribution < 1.29 is 9.21 Å². The first-order valence-corrected chi connectivity index (χ1v) is 5.54. The number of hydrogen-bond acceptors (Lipinski definition) is 4. The second-order valence-corrected chi connectivity index (χ2v) is 4.18. The van der Waals surface area contributed by atoms with Crippen LogP contribution in [-0.4, -0.2) is 20.5 Å². The van der Waals surface area contributed by atoms with Crippen molar-refractivity contribution in [3.8, 4) is 0 Å². The smallest absolute Gasteiger partial charge is 0.231 e. The van der Waals surface area contributed by atoms with Gasteiger partial charge < -0.3 is 4.42 Å². The minimum atomic E-state index is -0.182. The first kappa shape index (κ1) is 10.7. The van der Waals surface area contributed by atoms with Crippen LogP contribution in [0.5, 0.6) is 0 Å². The molecule has 3 aromatic rings. The van der Waals surface area contributed by atoms with Gasteiger partial charge in [-0.2, -0.15) is 5.10 Å². The number of hydrogen-bond donors (Lipinski definition) is 0. The third-order valence-electron chi connectivity index (χ3n) is 2.70. The number of fused-ring (bicyclic) bond motifs is 1. The second kappa shape index (κ2) is 3.80. The lowest BCUT2D eigenvalue weighted by molar-refractivity contribution is 0.101. The van der Waals surface area contributed by atoms with Crippen LogP contribution < -0.4 is 0 Å². The van der Waals surface area contributed by atoms with E-state index >= 15 is 0 Å². The highest BCUT2D eigenvalue weighted by Gasteiger charge is 2.16. The summed E-state index contributed by atoms with van der Waals surface area (Å²) in [6.45, 7) is 1.90. The van der Waals surface area contributed by atoms with Crippen molar-refractivity contribution in [2.24, 2.45) is 7.05 Å². The lowest BCUT2D eigenvalue weighted by atomic mass is 10.2. The lowest BCUT2D eigenvalue weighted by Gasteiger charge is -1.90. The Morgan fingerprint density at radius 2 is 2.22 bits per heavy atom. The quantitative estimate of drug-likeness (QED) is 0.644. The number of furan rings is 1. The summed E-state index contributed by atoms with van der Waals surface area (Å²) >= 11 is 0. The number of rotatable bonds is 2. The third kappa shape index (κ3) is 1.69. The van der Waals surface area contributed by atoms with Crippen molar-refractivity contribution in [1.29, 1.82) is 0 Å². The molecule has 3 aromatic heterocycles. The molecular formula is C13H11N3O2. The highest BCUT2D eigenvalue weighted by molar-refractivity contribution is 6.08. The van der Waals surface area contributed by atoms with E-state index in [1.54, 1.807) is 24.0 Å². The maximum absolute atomic E-state index is 12.1. The fourth-order valence-electron chi connectivity index (χ4n) is 1.82. The summed E-state index contributed by atoms with van der Waals surface area (Å²) in [4.78, 5) is 16.5. The number of aromatic nitrogens is 3. The molecule has 5 heteroatoms. The molecule has 0 bridgehead atoms. The molecule has 0 spiro atoms. The molecule has 0 fully saturated rings. The van der Waals surface area contributed by atoms with Gasteiger partial charge in [-0.1, -0.05) is 0 Å². The molecule has 0 atom stereocenters. The van der Waals surface area contributed by atoms with E-state index in [9.17, 15) is 4.79 Å². The Kier molecular flexibility index (Phi) is 2.26. The second-order valence-electron chi connectivity index (χ2n) is 4.18. The van der Waals surface area contributed by atoms with Crippen molar-refractivity contribution in [2.75, 3.05) is 0 Å². The standard InChI is InChI=1S/C13H11N3O2/c1-8-3-4-11-10(15-8)5-12(18-11)13(17)9-6-14-16(2)7-9/h3-7H,1-2H3. The van der Waals surface area contributed by atoms with Gasteiger partial charge in [0, 0.05) is 25.0 Å². The Morgan fingerprint density at radius 3 is 2.94 bits per heavy atom. The first-order chi connectivity index (χ1) is 8.63. The Hall–Kier alpha value is -2.43. The van der Waals surface area contributed by atoms with Crippen LogP contribution in [0.2, 0.25) is 0 Å². The van der Waals surface area contributed by atoms with E-state index in [0.29, 0.717) is 16.7 Å². The fraction of sp³-hybridized carbons (Fsp3) is 0.154. The van der Waals surface area contributed by atoms with Gasteiger partial charge in [-0.15, -0.1) is 0 Å². The maximum atomic E-state index is 12.1. The summed E-state index contributed by atoms with van der Waals surface area (Å²) in [5.41, 5.74) is 2.71. The van der Waals surface area contributed by atoms with Gasteiger partial charge in [-0.3, -0.25) is 9.48 Å². The summed E-state index contributed by atoms with van der Waals surface area (Å²) in [7, 11) is 1.76. The summed E-state index contributed by atoms with van der Waals surface area (Å²) < 4.78 is 7.08. The van der Waals surface area contributed by atoms with Crippen molar-refractivity contribution in [3.05, 3.63) is 47.6 Å². The maximum Gasteiger partial charge on any atom is 0.231 e. The van der Waals surface area contributed by atoms with Gasteiger partial charge in [0.25, 0.3) is 0 Å². The molecule has 0 saturated heterocycles. The van der Waals surface area contributed by atoms with Crippen LogP contribution in [0, 0.1) is 6.92 Å². The predicted molar refractivity (Wildman–Crippen MR) is 65.4 cm³/mol. The molecule has 0 saturated carbocycles. The minimum Gasteiger partial charge on any atom is -0.451 e. The number of carbonyl (C=O) groups excluding carboxylic acids is 1. The molecular weight excluding hydrogens is 230 g/mol. The minimum absolute atomic E-state index is 0.182. The number of pyridine rings is 1. The van der Waals surface area contributed by atoms with E-state index in [1.165, 1.54) is 6.20 Å². The number of ketones is 1. The Bertz CT molecular complexity index is 740. The third-order valence-corrected chi connectivity index (χ3v) is 2.70. The Balaban J connectivity index is 2.06. The zero-order valence-electron chi connectivity index (χ0n) is 10.0. The van der Waals surface area contributed by atoms with Gasteiger partial charge in [-0.25, -0.2) is 4.98 Å². The van der Waals surface area contributed by atoms with Crippen LogP contribution >= 0.6 is 0 Å². The zero-order chi connectivity index (χ0) is 12.7. The van der Waals surface area contributed by atoms with Gasteiger partial charge in [0.1, 0.15) is 5.52 Å². The monoisotopic (exact) mass is 241 g/mol. The Labute approximate surface area is 103 Å². The lowest BCUT2D eigenvalue weighted by Crippen LogP contribution is -1.97. The molecule has 0 radical (unpaired) electrons. The number of nitrogens with zero attached hydrogens (tertiary/aromatic N) is 3. The molecule has 0 aromatic carbocycles. The number of carbonyl (C=O) groups is 1. The van der Waals surface area contributed by atoms with Gasteiger partial charge in [0.15, 0.2) is 11.3 Å². The van der Waals surface area contributed by atoms with Crippen LogP contribution in [0.4, 0.5) is 0 Å². The molecule has 3 rings (SSSR count). The predicted octanol–water partition coefficient (Wildman–Crippen LogP) is 2.10. The summed E-state index contributed by atoms with van der Waals surface area (Å²) in [5.74, 6) is 0.106. The van der Waals surface area contributed by atoms with Gasteiger partial charge in [0.05, 0.1) is 11.8 Å². The zero-order valence-corrected chi connectivity index (χ0v) is 10.0. The largest absolute Gasteiger partial charge is 0.451 e. The van der Waals surface area contributed by atoms with E-state index in [-0.39, 0.29) is 11.5 Å². The normalized spacial score (nSPS) is 11.0. The van der Waals surface area contributed by atoms with Crippen molar-refractivity contribution >= 4 is 16.9 Å². The van der Waals surface area contributed by atoms with Crippen LogP contribution in [0.3, 0.4) is 0 Å². The van der Waals surface area contributed by atoms with Crippen molar-refractivity contribution in [3.63, 3.8) is 0 Å². The summed E-state index contributed by atoms with van der Waals surface area (Å²) in [6, 6.07) is 5.33. The van der Waals surface area contributed by atoms with Crippen LogP contribution in [0.25, 0.3) is 11.1 Å². The van der Waals surface area contributed by atoms with E-state index in [1.807, 2.05) is 19.1 Å². The fourth-order valence-corrected chi connectivity index (χ4v) is 1.82. The SMILES string of the molecule is Cc1ccc2oc(C(=O)c3cnn(C)c3)cc2n1. The molecule has 0 N–H and O–H groups in total. The summed E-state index contributed by atoms with van der Waals surface area (Å²) in [6.07, 6.45) is 3.18. The van der Waals surface area contributed by atoms with Gasteiger partial charge in [-0.05, 0) is 19.1 Å². The first-order valence-electron chi connectivity index (χ1n) is 5.54. The average Bonchev–Trinajstić information content (AvgIpc) is 2.93. The van der Waals surface area contributed by atoms with Crippen molar-refractivity contribution in [2.45, 2.75) is 6.92 Å². The molecule has 5 nitrogen and oxygen atoms in total. The molecule has 0 aliphatic rings. The number of aryl methyl sites for hydroxylation is 2. The van der Waals surface area contributed by atoms with Crippen molar-refractivity contribution in [1.82, 2.24) is 14.8 Å². The van der Waals surface area contributed by atoms with Crippen LogP contribution in [0.1, 0.15) is 21.8 Å². The van der Waals surface area contributed by atoms with Gasteiger partial charge in [0.2, 0.25) is 5.78 Å². The highest BCUT2D eigenvalue weighted by atomic mass is 16.3. The van der Waals surface area contributed by atoms with E-state index in [4.69, 9.17) is 4.42 Å². The van der Waals surface area contributed by atoms with Crippen LogP contribution in [0.15, 0.2) is 35.0 Å². The average molecular weight is 241 g/mol. The van der Waals surface area contributed by atoms with E-state index < -0.39 is 0 Å². The van der Waals surface area contributed by atoms with Crippen LogP contribution in [-0.2, 0) is 7.05 Å². The molecule has 0 amide bonds. The highest BCUT2D eigenvalue weighted by Crippen LogP contribution is 2.20. The van der Waals surface area contributed by atoms with Gasteiger partial charge >= 0.3 is 0 Å². The van der Waals surface area contributed by atoms with E-state index in [2.05, 4.69) is 10.1 Å². The summed E-state index contributed by atoms with van der Waals surface area (Å²) in [5, 5.41) is 3.97. The van der Waals surface area contributed by atoms with E-state index in [0.717, 1.165) is 5.69 Å². The topological polar surface area (TPSA) is 60.9 Å². The molecule has 0 aliphatic heterocycles. The molecule has 0 aliphatic carbocycles. The molecule has 0 unspecified atom stereocenters. The molecule has 3 heterocycles. The Morgan fingerprint density at radius 1 is 1.39 bits per heavy atom.